The molecule has 2 amide bonds. The number of carbonyl (C=O) groups is 2. The number of hydrogen-bond donors (Lipinski definition) is 5. The molecule has 0 radical (unpaired) electrons. The number of nitrogens with one attached hydrogen (secondary N) is 2. The normalized spacial score (nSPS) is 25.6. The minimum Gasteiger partial charge on any atom is -0.394 e. The number of amides is 2. The van der Waals surface area contributed by atoms with Crippen LogP contribution in [0.1, 0.15) is 124 Å². The molecule has 62 heavy (non-hydrogen) atoms. The lowest BCUT2D eigenvalue weighted by molar-refractivity contribution is -0.282. The summed E-state index contributed by atoms with van der Waals surface area (Å²) in [6, 6.07) is 14.1. The Balaban J connectivity index is 0.000000330. The number of nitrogens with zero attached hydrogens (tertiary/aromatic N) is 6. The van der Waals surface area contributed by atoms with Gasteiger partial charge >= 0.3 is 0 Å². The zero-order valence-electron chi connectivity index (χ0n) is 37.2. The number of rotatable bonds is 24. The molecule has 2 aliphatic rings. The van der Waals surface area contributed by atoms with Crippen LogP contribution in [0, 0.1) is 23.7 Å². The second-order valence-corrected chi connectivity index (χ2v) is 16.3. The maximum atomic E-state index is 12.2. The molecule has 4 rings (SSSR count). The van der Waals surface area contributed by atoms with Crippen molar-refractivity contribution in [3.63, 3.8) is 0 Å². The number of benzene rings is 2. The first-order valence-corrected chi connectivity index (χ1v) is 22.2. The van der Waals surface area contributed by atoms with E-state index in [1.807, 2.05) is 12.1 Å². The third-order valence-electron chi connectivity index (χ3n) is 11.9. The first-order chi connectivity index (χ1) is 29.9. The predicted octanol–water partition coefficient (Wildman–Crippen LogP) is 7.73. The molecule has 10 atom stereocenters. The number of ether oxygens (including phenoxy) is 4. The van der Waals surface area contributed by atoms with Crippen molar-refractivity contribution in [1.29, 1.82) is 0 Å². The molecule has 2 saturated heterocycles. The van der Waals surface area contributed by atoms with Crippen LogP contribution in [0.15, 0.2) is 58.8 Å². The van der Waals surface area contributed by atoms with Gasteiger partial charge in [0, 0.05) is 59.1 Å². The average molecular weight is 867 g/mol. The lowest BCUT2D eigenvalue weighted by Gasteiger charge is -2.43. The Hall–Kier alpha value is -4.28. The summed E-state index contributed by atoms with van der Waals surface area (Å²) in [6.45, 7) is 13.3. The van der Waals surface area contributed by atoms with Gasteiger partial charge in [-0.2, -0.15) is 0 Å². The lowest BCUT2D eigenvalue weighted by atomic mass is 9.78. The van der Waals surface area contributed by atoms with E-state index in [9.17, 15) is 24.9 Å². The van der Waals surface area contributed by atoms with Crippen LogP contribution in [-0.4, -0.2) is 97.0 Å². The van der Waals surface area contributed by atoms with Crippen LogP contribution in [-0.2, 0) is 32.0 Å². The van der Waals surface area contributed by atoms with Gasteiger partial charge in [-0.1, -0.05) is 94.8 Å². The number of carbonyl (C=O) groups excluding carboxylic acids is 2. The summed E-state index contributed by atoms with van der Waals surface area (Å²) in [6.07, 6.45) is 5.19. The fraction of sp³-hybridized carbons (Fsp3) is 0.689. The van der Waals surface area contributed by atoms with Crippen LogP contribution in [0.5, 0.6) is 0 Å². The quantitative estimate of drug-likeness (QED) is 0.0299. The van der Waals surface area contributed by atoms with Gasteiger partial charge in [-0.25, -0.2) is 0 Å². The van der Waals surface area contributed by atoms with E-state index in [4.69, 9.17) is 30.0 Å². The topological polar surface area (TPSA) is 253 Å². The van der Waals surface area contributed by atoms with Crippen LogP contribution >= 0.6 is 0 Å². The maximum absolute atomic E-state index is 12.2. The summed E-state index contributed by atoms with van der Waals surface area (Å²) in [7, 11) is 0. The summed E-state index contributed by atoms with van der Waals surface area (Å²) in [5.41, 5.74) is 19.6. The molecule has 2 fully saturated rings. The zero-order chi connectivity index (χ0) is 45.3. The second-order valence-electron chi connectivity index (χ2n) is 16.3. The highest BCUT2D eigenvalue weighted by Gasteiger charge is 2.42. The van der Waals surface area contributed by atoms with Crippen molar-refractivity contribution in [2.45, 2.75) is 142 Å². The molecule has 5 N–H and O–H groups in total. The van der Waals surface area contributed by atoms with E-state index in [1.165, 1.54) is 0 Å². The van der Waals surface area contributed by atoms with Crippen molar-refractivity contribution >= 4 is 11.8 Å². The zero-order valence-corrected chi connectivity index (χ0v) is 37.2. The van der Waals surface area contributed by atoms with Crippen molar-refractivity contribution in [3.05, 3.63) is 91.7 Å². The van der Waals surface area contributed by atoms with Crippen molar-refractivity contribution < 1.29 is 43.9 Å². The largest absolute Gasteiger partial charge is 0.394 e. The first kappa shape index (κ1) is 52.1. The van der Waals surface area contributed by atoms with Gasteiger partial charge in [0.25, 0.3) is 11.8 Å². The molecule has 17 heteroatoms. The van der Waals surface area contributed by atoms with Gasteiger partial charge in [0.05, 0.1) is 31.9 Å². The molecule has 0 saturated carbocycles. The highest BCUT2D eigenvalue weighted by atomic mass is 16.7. The van der Waals surface area contributed by atoms with Crippen LogP contribution in [0.25, 0.3) is 20.9 Å². The van der Waals surface area contributed by atoms with E-state index in [2.05, 4.69) is 58.4 Å². The molecule has 2 aromatic carbocycles. The Morgan fingerprint density at radius 3 is 1.50 bits per heavy atom. The van der Waals surface area contributed by atoms with Crippen LogP contribution in [0.4, 0.5) is 0 Å². The van der Waals surface area contributed by atoms with Gasteiger partial charge < -0.3 is 44.9 Å². The summed E-state index contributed by atoms with van der Waals surface area (Å²) >= 11 is 0. The van der Waals surface area contributed by atoms with Crippen molar-refractivity contribution in [2.75, 3.05) is 32.9 Å². The molecule has 344 valence electrons. The summed E-state index contributed by atoms with van der Waals surface area (Å²) < 4.78 is 23.4. The van der Waals surface area contributed by atoms with Gasteiger partial charge in [-0.15, -0.1) is 0 Å². The standard InChI is InChI=1S/C24H38N4O3.C21H32N4O6/c1-5-22-18(3)17(2)19(4)24(31-22)30-15-9-7-6-8-14-26-23(29)21-12-10-20(11-13-21)16-27-28-25;1-14-18(27)19(28)17(13-26)31-21(14)30-11-5-3-2-4-10-23-20(29)16-8-6-15(7-9-16)12-24-25-22/h10-13,17-19,22,24H,5-9,14-16H2,1-4H3,(H,26,29);6-9,14,17-19,21,26-28H,2-5,10-13H2,1H3,(H,23,29)/t17-,18-,19?,22?,24+;14?,17?,18-,19-,21-/m01/s1. The van der Waals surface area contributed by atoms with E-state index >= 15 is 0 Å². The third kappa shape index (κ3) is 17.5. The van der Waals surface area contributed by atoms with Gasteiger partial charge in [-0.05, 0) is 90.4 Å². The molecular formula is C45H70N8O9. The number of hydrogen-bond acceptors (Lipinski definition) is 11. The van der Waals surface area contributed by atoms with Gasteiger partial charge in [0.15, 0.2) is 12.6 Å². The Kier molecular flexibility index (Phi) is 24.5. The molecule has 0 aliphatic carbocycles. The Bertz CT molecular complexity index is 1560. The van der Waals surface area contributed by atoms with E-state index in [1.54, 1.807) is 43.3 Å². The van der Waals surface area contributed by atoms with Crippen LogP contribution < -0.4 is 10.6 Å². The average Bonchev–Trinajstić information content (AvgIpc) is 3.29. The molecule has 0 spiro atoms. The molecule has 2 aliphatic heterocycles. The van der Waals surface area contributed by atoms with E-state index in [-0.39, 0.29) is 37.2 Å². The minimum absolute atomic E-state index is 0.0732. The summed E-state index contributed by atoms with van der Waals surface area (Å²) in [5, 5.41) is 41.9. The number of unbranched alkanes of at least 4 members (excludes halogenated alkanes) is 6. The Morgan fingerprint density at radius 2 is 1.06 bits per heavy atom. The van der Waals surface area contributed by atoms with Crippen molar-refractivity contribution in [1.82, 2.24) is 10.6 Å². The Labute approximate surface area is 366 Å². The third-order valence-corrected chi connectivity index (χ3v) is 11.9. The fourth-order valence-electron chi connectivity index (χ4n) is 7.47. The fourth-order valence-corrected chi connectivity index (χ4v) is 7.47. The van der Waals surface area contributed by atoms with E-state index < -0.39 is 24.6 Å². The predicted molar refractivity (Wildman–Crippen MR) is 235 cm³/mol. The van der Waals surface area contributed by atoms with Gasteiger partial charge in [0.1, 0.15) is 12.2 Å². The first-order valence-electron chi connectivity index (χ1n) is 22.2. The molecule has 0 aromatic heterocycles. The lowest BCUT2D eigenvalue weighted by Crippen LogP contribution is -2.55. The SMILES string of the molecule is CC1[C@H](OCCCCCCNC(=O)c2ccc(CN=[N+]=[N-])cc2)OC(CO)[C@@H](O)[C@@H]1O.CCC1O[C@@H](OCCCCCCNC(=O)c2ccc(CN=[N+]=[N-])cc2)C(C)[C@@H](C)[C@@H]1C. The smallest absolute Gasteiger partial charge is 0.251 e. The minimum atomic E-state index is -1.12. The van der Waals surface area contributed by atoms with Crippen LogP contribution in [0.2, 0.25) is 0 Å². The molecular weight excluding hydrogens is 797 g/mol. The molecule has 2 aromatic rings. The Morgan fingerprint density at radius 1 is 0.629 bits per heavy atom. The highest BCUT2D eigenvalue weighted by molar-refractivity contribution is 5.94. The van der Waals surface area contributed by atoms with E-state index in [0.717, 1.165) is 75.5 Å². The van der Waals surface area contributed by atoms with E-state index in [0.29, 0.717) is 61.2 Å². The molecule has 0 bridgehead atoms. The molecule has 17 nitrogen and oxygen atoms in total. The molecule has 2 heterocycles. The molecule has 4 unspecified atom stereocenters. The van der Waals surface area contributed by atoms with Gasteiger partial charge in [-0.3, -0.25) is 9.59 Å². The van der Waals surface area contributed by atoms with Crippen LogP contribution in [0.3, 0.4) is 0 Å². The van der Waals surface area contributed by atoms with Crippen molar-refractivity contribution in [2.24, 2.45) is 33.9 Å². The second kappa shape index (κ2) is 29.2. The highest BCUT2D eigenvalue weighted by Crippen LogP contribution is 2.36. The van der Waals surface area contributed by atoms with Gasteiger partial charge in [0.2, 0.25) is 0 Å². The monoisotopic (exact) mass is 867 g/mol. The summed E-state index contributed by atoms with van der Waals surface area (Å²) in [5.74, 6) is 1.000. The maximum Gasteiger partial charge on any atom is 0.251 e. The van der Waals surface area contributed by atoms with Crippen molar-refractivity contribution in [3.8, 4) is 0 Å². The number of aliphatic hydroxyl groups excluding tert-OH is 3. The summed E-state index contributed by atoms with van der Waals surface area (Å²) in [4.78, 5) is 29.8. The number of azide groups is 2. The number of aliphatic hydroxyl groups is 3.